The monoisotopic (exact) mass is 352 g/mol. The SMILES string of the molecule is COc1cccc(-c2cc(-c3nc(-c4ccccc4Cl)no3)[nH]n2)c1. The average molecular weight is 353 g/mol. The lowest BCUT2D eigenvalue weighted by atomic mass is 10.1. The van der Waals surface area contributed by atoms with E-state index in [1.807, 2.05) is 48.5 Å². The molecule has 0 fully saturated rings. The fraction of sp³-hybridized carbons (Fsp3) is 0.0556. The van der Waals surface area contributed by atoms with Gasteiger partial charge in [-0.3, -0.25) is 5.10 Å². The Bertz CT molecular complexity index is 1030. The summed E-state index contributed by atoms with van der Waals surface area (Å²) in [6.07, 6.45) is 0. The van der Waals surface area contributed by atoms with Crippen molar-refractivity contribution in [3.63, 3.8) is 0 Å². The molecular weight excluding hydrogens is 340 g/mol. The number of aromatic nitrogens is 4. The van der Waals surface area contributed by atoms with E-state index in [0.717, 1.165) is 17.0 Å². The Morgan fingerprint density at radius 3 is 2.80 bits per heavy atom. The molecule has 2 aromatic carbocycles. The molecule has 0 aliphatic carbocycles. The first kappa shape index (κ1) is 15.4. The first-order valence-electron chi connectivity index (χ1n) is 7.53. The lowest BCUT2D eigenvalue weighted by Crippen LogP contribution is -1.83. The van der Waals surface area contributed by atoms with Crippen LogP contribution < -0.4 is 4.74 Å². The van der Waals surface area contributed by atoms with Gasteiger partial charge in [-0.15, -0.1) is 0 Å². The Balaban J connectivity index is 1.66. The Morgan fingerprint density at radius 1 is 1.08 bits per heavy atom. The first-order chi connectivity index (χ1) is 12.2. The van der Waals surface area contributed by atoms with Crippen molar-refractivity contribution in [2.24, 2.45) is 0 Å². The van der Waals surface area contributed by atoms with Gasteiger partial charge in [0.15, 0.2) is 0 Å². The summed E-state index contributed by atoms with van der Waals surface area (Å²) in [5, 5.41) is 11.8. The minimum atomic E-state index is 0.344. The Labute approximate surface area is 148 Å². The van der Waals surface area contributed by atoms with E-state index in [0.29, 0.717) is 28.0 Å². The minimum Gasteiger partial charge on any atom is -0.497 e. The number of nitrogens with zero attached hydrogens (tertiary/aromatic N) is 3. The summed E-state index contributed by atoms with van der Waals surface area (Å²) in [5.74, 6) is 1.54. The molecule has 0 radical (unpaired) electrons. The lowest BCUT2D eigenvalue weighted by Gasteiger charge is -2.00. The van der Waals surface area contributed by atoms with Crippen molar-refractivity contribution < 1.29 is 9.26 Å². The summed E-state index contributed by atoms with van der Waals surface area (Å²) < 4.78 is 10.6. The number of nitrogens with one attached hydrogen (secondary N) is 1. The van der Waals surface area contributed by atoms with Crippen LogP contribution in [0.5, 0.6) is 5.75 Å². The molecule has 2 heterocycles. The van der Waals surface area contributed by atoms with Crippen molar-refractivity contribution in [2.45, 2.75) is 0 Å². The third-order valence-corrected chi connectivity index (χ3v) is 4.04. The van der Waals surface area contributed by atoms with Crippen LogP contribution in [-0.2, 0) is 0 Å². The molecule has 1 N–H and O–H groups in total. The van der Waals surface area contributed by atoms with E-state index in [1.54, 1.807) is 13.2 Å². The maximum atomic E-state index is 6.17. The molecule has 6 nitrogen and oxygen atoms in total. The van der Waals surface area contributed by atoms with Crippen molar-refractivity contribution in [1.82, 2.24) is 20.3 Å². The van der Waals surface area contributed by atoms with Gasteiger partial charge in [-0.2, -0.15) is 10.1 Å². The fourth-order valence-electron chi connectivity index (χ4n) is 2.45. The Morgan fingerprint density at radius 2 is 1.96 bits per heavy atom. The molecule has 0 spiro atoms. The summed E-state index contributed by atoms with van der Waals surface area (Å²) in [5.41, 5.74) is 3.02. The number of methoxy groups -OCH3 is 1. The third-order valence-electron chi connectivity index (χ3n) is 3.71. The number of rotatable bonds is 4. The van der Waals surface area contributed by atoms with Crippen molar-refractivity contribution in [1.29, 1.82) is 0 Å². The zero-order valence-electron chi connectivity index (χ0n) is 13.2. The number of aromatic amines is 1. The van der Waals surface area contributed by atoms with Gasteiger partial charge in [-0.1, -0.05) is 41.0 Å². The molecule has 0 aliphatic rings. The van der Waals surface area contributed by atoms with E-state index in [4.69, 9.17) is 20.9 Å². The van der Waals surface area contributed by atoms with Crippen LogP contribution in [0.3, 0.4) is 0 Å². The maximum Gasteiger partial charge on any atom is 0.276 e. The summed E-state index contributed by atoms with van der Waals surface area (Å²) in [6, 6.07) is 16.8. The molecule has 7 heteroatoms. The highest BCUT2D eigenvalue weighted by Crippen LogP contribution is 2.29. The van der Waals surface area contributed by atoms with E-state index in [2.05, 4.69) is 20.3 Å². The van der Waals surface area contributed by atoms with Crippen molar-refractivity contribution >= 4 is 11.6 Å². The zero-order chi connectivity index (χ0) is 17.2. The van der Waals surface area contributed by atoms with Crippen molar-refractivity contribution in [3.8, 4) is 40.0 Å². The van der Waals surface area contributed by atoms with Gasteiger partial charge >= 0.3 is 0 Å². The van der Waals surface area contributed by atoms with Crippen LogP contribution in [0.1, 0.15) is 0 Å². The van der Waals surface area contributed by atoms with Crippen LogP contribution in [-0.4, -0.2) is 27.4 Å². The molecule has 0 saturated carbocycles. The number of ether oxygens (including phenoxy) is 1. The quantitative estimate of drug-likeness (QED) is 0.587. The van der Waals surface area contributed by atoms with Gasteiger partial charge in [-0.25, -0.2) is 0 Å². The predicted octanol–water partition coefficient (Wildman–Crippen LogP) is 4.46. The van der Waals surface area contributed by atoms with E-state index >= 15 is 0 Å². The van der Waals surface area contributed by atoms with E-state index in [1.165, 1.54) is 0 Å². The maximum absolute atomic E-state index is 6.17. The van der Waals surface area contributed by atoms with Gasteiger partial charge in [-0.05, 0) is 30.3 Å². The second kappa shape index (κ2) is 6.41. The number of hydrogen-bond donors (Lipinski definition) is 1. The van der Waals surface area contributed by atoms with Gasteiger partial charge < -0.3 is 9.26 Å². The normalized spacial score (nSPS) is 10.8. The zero-order valence-corrected chi connectivity index (χ0v) is 14.0. The highest BCUT2D eigenvalue weighted by Gasteiger charge is 2.15. The number of halogens is 1. The molecule has 0 saturated heterocycles. The van der Waals surface area contributed by atoms with E-state index in [-0.39, 0.29) is 0 Å². The highest BCUT2D eigenvalue weighted by molar-refractivity contribution is 6.33. The largest absolute Gasteiger partial charge is 0.497 e. The molecule has 2 aromatic heterocycles. The molecule has 0 aliphatic heterocycles. The van der Waals surface area contributed by atoms with Crippen molar-refractivity contribution in [3.05, 3.63) is 59.6 Å². The van der Waals surface area contributed by atoms with Gasteiger partial charge in [0.2, 0.25) is 5.82 Å². The highest BCUT2D eigenvalue weighted by atomic mass is 35.5. The number of H-pyrrole nitrogens is 1. The summed E-state index contributed by atoms with van der Waals surface area (Å²) in [7, 11) is 1.63. The van der Waals surface area contributed by atoms with Crippen molar-refractivity contribution in [2.75, 3.05) is 7.11 Å². The van der Waals surface area contributed by atoms with Gasteiger partial charge in [0.1, 0.15) is 11.4 Å². The second-order valence-electron chi connectivity index (χ2n) is 5.30. The topological polar surface area (TPSA) is 76.8 Å². The standard InChI is InChI=1S/C18H13ClN4O2/c1-24-12-6-4-5-11(9-12)15-10-16(22-21-15)18-20-17(23-25-18)13-7-2-3-8-14(13)19/h2-10H,1H3,(H,21,22). The lowest BCUT2D eigenvalue weighted by molar-refractivity contribution is 0.415. The first-order valence-corrected chi connectivity index (χ1v) is 7.91. The summed E-state index contributed by atoms with van der Waals surface area (Å²) in [4.78, 5) is 4.39. The molecule has 0 bridgehead atoms. The molecule has 4 rings (SSSR count). The summed E-state index contributed by atoms with van der Waals surface area (Å²) >= 11 is 6.17. The molecule has 0 unspecified atom stereocenters. The Hall–Kier alpha value is -3.12. The van der Waals surface area contributed by atoms with Crippen LogP contribution in [0, 0.1) is 0 Å². The Kier molecular flexibility index (Phi) is 3.95. The second-order valence-corrected chi connectivity index (χ2v) is 5.71. The smallest absolute Gasteiger partial charge is 0.276 e. The molecule has 0 amide bonds. The average Bonchev–Trinajstić information content (AvgIpc) is 3.31. The summed E-state index contributed by atoms with van der Waals surface area (Å²) in [6.45, 7) is 0. The van der Waals surface area contributed by atoms with Crippen LogP contribution in [0.25, 0.3) is 34.2 Å². The molecule has 124 valence electrons. The van der Waals surface area contributed by atoms with Crippen LogP contribution in [0.2, 0.25) is 5.02 Å². The fourth-order valence-corrected chi connectivity index (χ4v) is 2.67. The molecule has 25 heavy (non-hydrogen) atoms. The van der Waals surface area contributed by atoms with Crippen LogP contribution in [0.15, 0.2) is 59.1 Å². The minimum absolute atomic E-state index is 0.344. The van der Waals surface area contributed by atoms with E-state index < -0.39 is 0 Å². The van der Waals surface area contributed by atoms with Crippen LogP contribution in [0.4, 0.5) is 0 Å². The van der Waals surface area contributed by atoms with Gasteiger partial charge in [0.05, 0.1) is 17.8 Å². The van der Waals surface area contributed by atoms with E-state index in [9.17, 15) is 0 Å². The number of hydrogen-bond acceptors (Lipinski definition) is 5. The van der Waals surface area contributed by atoms with Crippen LogP contribution >= 0.6 is 11.6 Å². The molecular formula is C18H13ClN4O2. The van der Waals surface area contributed by atoms with Gasteiger partial charge in [0, 0.05) is 11.1 Å². The third kappa shape index (κ3) is 2.99. The number of benzene rings is 2. The van der Waals surface area contributed by atoms with Gasteiger partial charge in [0.25, 0.3) is 5.89 Å². The molecule has 0 atom stereocenters. The molecule has 4 aromatic rings. The predicted molar refractivity (Wildman–Crippen MR) is 94.3 cm³/mol.